The third-order valence-electron chi connectivity index (χ3n) is 2.62. The fourth-order valence-electron chi connectivity index (χ4n) is 1.67. The van der Waals surface area contributed by atoms with E-state index in [-0.39, 0.29) is 30.8 Å². The fourth-order valence-corrected chi connectivity index (χ4v) is 1.67. The molecule has 0 bridgehead atoms. The van der Waals surface area contributed by atoms with Crippen LogP contribution in [0, 0.1) is 15.9 Å². The first-order chi connectivity index (χ1) is 9.29. The Morgan fingerprint density at radius 1 is 1.25 bits per heavy atom. The molecule has 0 aliphatic carbocycles. The maximum atomic E-state index is 13.0. The van der Waals surface area contributed by atoms with E-state index in [0.717, 1.165) is 18.2 Å². The van der Waals surface area contributed by atoms with Crippen molar-refractivity contribution in [3.63, 3.8) is 0 Å². The highest BCUT2D eigenvalue weighted by Gasteiger charge is 2.25. The van der Waals surface area contributed by atoms with Crippen LogP contribution in [0.4, 0.5) is 23.2 Å². The average molecular weight is 294 g/mol. The molecule has 0 aromatic heterocycles. The number of hydrogen-bond acceptors (Lipinski definition) is 3. The van der Waals surface area contributed by atoms with Gasteiger partial charge in [0.2, 0.25) is 0 Å². The average Bonchev–Trinajstić information content (AvgIpc) is 2.32. The van der Waals surface area contributed by atoms with Gasteiger partial charge in [-0.3, -0.25) is 10.1 Å². The predicted octanol–water partition coefficient (Wildman–Crippen LogP) is 3.56. The van der Waals surface area contributed by atoms with E-state index in [9.17, 15) is 27.7 Å². The largest absolute Gasteiger partial charge is 0.389 e. The van der Waals surface area contributed by atoms with Crippen LogP contribution in [0.1, 0.15) is 24.8 Å². The van der Waals surface area contributed by atoms with Crippen LogP contribution in [-0.4, -0.2) is 17.6 Å². The first kappa shape index (κ1) is 16.4. The van der Waals surface area contributed by atoms with E-state index in [2.05, 4.69) is 5.32 Å². The molecule has 20 heavy (non-hydrogen) atoms. The van der Waals surface area contributed by atoms with E-state index >= 15 is 0 Å². The van der Waals surface area contributed by atoms with Gasteiger partial charge in [0.05, 0.1) is 4.92 Å². The van der Waals surface area contributed by atoms with Crippen LogP contribution < -0.4 is 5.32 Å². The van der Waals surface area contributed by atoms with Crippen LogP contribution in [0.15, 0.2) is 18.2 Å². The zero-order chi connectivity index (χ0) is 15.2. The minimum atomic E-state index is -4.17. The van der Waals surface area contributed by atoms with Crippen molar-refractivity contribution in [1.29, 1.82) is 0 Å². The molecule has 0 saturated heterocycles. The first-order valence-corrected chi connectivity index (χ1v) is 6.00. The van der Waals surface area contributed by atoms with Crippen LogP contribution in [0.3, 0.4) is 0 Å². The summed E-state index contributed by atoms with van der Waals surface area (Å²) in [5.41, 5.74) is -0.0417. The van der Waals surface area contributed by atoms with Crippen molar-refractivity contribution >= 4 is 5.69 Å². The molecule has 0 amide bonds. The maximum absolute atomic E-state index is 13.0. The van der Waals surface area contributed by atoms with Gasteiger partial charge in [-0.15, -0.1) is 0 Å². The number of nitrogens with zero attached hydrogens (tertiary/aromatic N) is 1. The number of benzene rings is 1. The number of alkyl halides is 3. The molecule has 0 saturated carbocycles. The molecule has 8 heteroatoms. The van der Waals surface area contributed by atoms with E-state index in [1.54, 1.807) is 0 Å². The zero-order valence-electron chi connectivity index (χ0n) is 10.5. The lowest BCUT2D eigenvalue weighted by molar-refractivity contribution is -0.385. The van der Waals surface area contributed by atoms with Gasteiger partial charge in [0, 0.05) is 24.6 Å². The van der Waals surface area contributed by atoms with Crippen molar-refractivity contribution in [3.05, 3.63) is 39.7 Å². The van der Waals surface area contributed by atoms with Crippen LogP contribution in [-0.2, 0) is 6.54 Å². The summed E-state index contributed by atoms with van der Waals surface area (Å²) in [4.78, 5) is 10.1. The lowest BCUT2D eigenvalue weighted by Crippen LogP contribution is -2.17. The van der Waals surface area contributed by atoms with Crippen LogP contribution >= 0.6 is 0 Å². The van der Waals surface area contributed by atoms with Gasteiger partial charge in [0.25, 0.3) is 5.69 Å². The Kier molecular flexibility index (Phi) is 5.87. The minimum Gasteiger partial charge on any atom is -0.312 e. The van der Waals surface area contributed by atoms with Crippen molar-refractivity contribution in [2.45, 2.75) is 32.0 Å². The van der Waals surface area contributed by atoms with Crippen LogP contribution in [0.2, 0.25) is 0 Å². The van der Waals surface area contributed by atoms with Gasteiger partial charge >= 0.3 is 6.18 Å². The monoisotopic (exact) mass is 294 g/mol. The molecule has 1 aromatic carbocycles. The number of rotatable bonds is 7. The van der Waals surface area contributed by atoms with E-state index in [0.29, 0.717) is 6.42 Å². The quantitative estimate of drug-likeness (QED) is 0.362. The number of halogens is 4. The Balaban J connectivity index is 2.38. The third kappa shape index (κ3) is 5.96. The second-order valence-electron chi connectivity index (χ2n) is 4.28. The van der Waals surface area contributed by atoms with Gasteiger partial charge in [0.15, 0.2) is 0 Å². The Labute approximate surface area is 112 Å². The molecule has 0 aliphatic heterocycles. The SMILES string of the molecule is O=[N+]([O-])c1ccc(F)cc1CNCCCCC(F)(F)F. The predicted molar refractivity (Wildman–Crippen MR) is 64.7 cm³/mol. The Bertz CT molecular complexity index is 463. The van der Waals surface area contributed by atoms with Crippen molar-refractivity contribution < 1.29 is 22.5 Å². The number of nitro benzene ring substituents is 1. The Hall–Kier alpha value is -1.70. The van der Waals surface area contributed by atoms with Crippen molar-refractivity contribution in [1.82, 2.24) is 5.32 Å². The smallest absolute Gasteiger partial charge is 0.312 e. The summed E-state index contributed by atoms with van der Waals surface area (Å²) in [5, 5.41) is 13.5. The molecular weight excluding hydrogens is 280 g/mol. The summed E-state index contributed by atoms with van der Waals surface area (Å²) in [7, 11) is 0. The molecule has 0 atom stereocenters. The molecule has 1 aromatic rings. The van der Waals surface area contributed by atoms with E-state index in [1.165, 1.54) is 0 Å². The topological polar surface area (TPSA) is 55.2 Å². The van der Waals surface area contributed by atoms with Gasteiger partial charge in [-0.2, -0.15) is 13.2 Å². The van der Waals surface area contributed by atoms with Crippen LogP contribution in [0.25, 0.3) is 0 Å². The molecule has 0 fully saturated rings. The summed E-state index contributed by atoms with van der Waals surface area (Å²) in [6.07, 6.45) is -4.74. The number of hydrogen-bond donors (Lipinski definition) is 1. The normalized spacial score (nSPS) is 11.6. The lowest BCUT2D eigenvalue weighted by atomic mass is 10.1. The minimum absolute atomic E-state index is 0.0122. The van der Waals surface area contributed by atoms with Gasteiger partial charge in [-0.1, -0.05) is 0 Å². The second kappa shape index (κ2) is 7.18. The van der Waals surface area contributed by atoms with Gasteiger partial charge in [-0.05, 0) is 31.5 Å². The van der Waals surface area contributed by atoms with E-state index in [4.69, 9.17) is 0 Å². The highest BCUT2D eigenvalue weighted by Crippen LogP contribution is 2.22. The highest BCUT2D eigenvalue weighted by molar-refractivity contribution is 5.40. The van der Waals surface area contributed by atoms with E-state index < -0.39 is 23.3 Å². The van der Waals surface area contributed by atoms with Gasteiger partial charge in [0.1, 0.15) is 5.82 Å². The summed E-state index contributed by atoms with van der Waals surface area (Å²) in [6, 6.07) is 3.10. The maximum Gasteiger partial charge on any atom is 0.389 e. The molecule has 0 radical (unpaired) electrons. The lowest BCUT2D eigenvalue weighted by Gasteiger charge is -2.07. The number of nitro groups is 1. The molecule has 4 nitrogen and oxygen atoms in total. The molecular formula is C12H14F4N2O2. The Morgan fingerprint density at radius 3 is 2.55 bits per heavy atom. The molecule has 0 unspecified atom stereocenters. The van der Waals surface area contributed by atoms with Crippen molar-refractivity contribution in [3.8, 4) is 0 Å². The van der Waals surface area contributed by atoms with Gasteiger partial charge < -0.3 is 5.32 Å². The standard InChI is InChI=1S/C12H14F4N2O2/c13-10-3-4-11(18(19)20)9(7-10)8-17-6-2-1-5-12(14,15)16/h3-4,7,17H,1-2,5-6,8H2. The molecule has 0 aliphatic rings. The molecule has 0 spiro atoms. The first-order valence-electron chi connectivity index (χ1n) is 6.00. The second-order valence-corrected chi connectivity index (χ2v) is 4.28. The molecule has 0 heterocycles. The third-order valence-corrected chi connectivity index (χ3v) is 2.62. The zero-order valence-corrected chi connectivity index (χ0v) is 10.5. The highest BCUT2D eigenvalue weighted by atomic mass is 19.4. The molecule has 1 rings (SSSR count). The van der Waals surface area contributed by atoms with Crippen molar-refractivity contribution in [2.75, 3.05) is 6.54 Å². The molecule has 1 N–H and O–H groups in total. The summed E-state index contributed by atoms with van der Waals surface area (Å²) in [6.45, 7) is 0.323. The van der Waals surface area contributed by atoms with E-state index in [1.807, 2.05) is 0 Å². The Morgan fingerprint density at radius 2 is 1.95 bits per heavy atom. The fraction of sp³-hybridized carbons (Fsp3) is 0.500. The summed E-state index contributed by atoms with van der Waals surface area (Å²) >= 11 is 0. The van der Waals surface area contributed by atoms with Crippen molar-refractivity contribution in [2.24, 2.45) is 0 Å². The van der Waals surface area contributed by atoms with Gasteiger partial charge in [-0.25, -0.2) is 4.39 Å². The van der Waals surface area contributed by atoms with Crippen LogP contribution in [0.5, 0.6) is 0 Å². The summed E-state index contributed by atoms with van der Waals surface area (Å²) in [5.74, 6) is -0.593. The number of unbranched alkanes of at least 4 members (excludes halogenated alkanes) is 1. The molecule has 112 valence electrons. The number of nitrogens with one attached hydrogen (secondary N) is 1. The summed E-state index contributed by atoms with van der Waals surface area (Å²) < 4.78 is 48.6.